The van der Waals surface area contributed by atoms with Crippen molar-refractivity contribution in [2.45, 2.75) is 110 Å². The van der Waals surface area contributed by atoms with Crippen molar-refractivity contribution in [1.29, 1.82) is 0 Å². The maximum atomic E-state index is 11.4. The van der Waals surface area contributed by atoms with Crippen molar-refractivity contribution < 1.29 is 28.6 Å². The van der Waals surface area contributed by atoms with Gasteiger partial charge in [0.25, 0.3) is 0 Å². The van der Waals surface area contributed by atoms with E-state index in [0.29, 0.717) is 6.16 Å². The van der Waals surface area contributed by atoms with Gasteiger partial charge < -0.3 is 14.2 Å². The number of hydrogen-bond donors (Lipinski definition) is 0. The molecule has 0 heterocycles. The van der Waals surface area contributed by atoms with E-state index in [-0.39, 0.29) is 0 Å². The third kappa shape index (κ3) is 14.7. The first kappa shape index (κ1) is 28.1. The van der Waals surface area contributed by atoms with Crippen molar-refractivity contribution in [2.75, 3.05) is 6.16 Å². The molecule has 6 nitrogen and oxygen atoms in total. The number of halogens is 1. The first-order valence-corrected chi connectivity index (χ1v) is 13.2. The topological polar surface area (TPSA) is 78.9 Å². The van der Waals surface area contributed by atoms with E-state index in [0.717, 1.165) is 40.0 Å². The number of rotatable bonds is 17. The molecular formula is C21H38ClO6P. The van der Waals surface area contributed by atoms with Crippen LogP contribution in [0.4, 0.5) is 0 Å². The van der Waals surface area contributed by atoms with E-state index < -0.39 is 30.9 Å². The molecule has 0 saturated heterocycles. The van der Waals surface area contributed by atoms with Crippen molar-refractivity contribution in [3.8, 4) is 0 Å². The van der Waals surface area contributed by atoms with Crippen LogP contribution in [-0.2, 0) is 28.6 Å². The first-order chi connectivity index (χ1) is 13.7. The molecule has 0 spiro atoms. The van der Waals surface area contributed by atoms with Crippen LogP contribution in [0.15, 0.2) is 0 Å². The number of unbranched alkanes of at least 4 members (excludes halogenated alkanes) is 11. The lowest BCUT2D eigenvalue weighted by molar-refractivity contribution is -0.278. The molecule has 0 aromatic rings. The molecule has 0 aliphatic carbocycles. The number of ether oxygens (including phenoxy) is 3. The van der Waals surface area contributed by atoms with Crippen LogP contribution < -0.4 is 0 Å². The summed E-state index contributed by atoms with van der Waals surface area (Å²) >= 11 is 6.40. The fourth-order valence-electron chi connectivity index (χ4n) is 2.98. The summed E-state index contributed by atoms with van der Waals surface area (Å²) in [5.74, 6) is -2.22. The van der Waals surface area contributed by atoms with Gasteiger partial charge in [-0.05, 0) is 12.6 Å². The number of carbonyl (C=O) groups excluding carboxylic acids is 3. The van der Waals surface area contributed by atoms with Crippen molar-refractivity contribution in [3.63, 3.8) is 0 Å². The minimum Gasteiger partial charge on any atom is -0.384 e. The van der Waals surface area contributed by atoms with Gasteiger partial charge in [0.1, 0.15) is 7.27 Å². The quantitative estimate of drug-likeness (QED) is 0.107. The van der Waals surface area contributed by atoms with Gasteiger partial charge in [-0.1, -0.05) is 88.8 Å². The van der Waals surface area contributed by atoms with E-state index in [1.165, 1.54) is 57.8 Å². The summed E-state index contributed by atoms with van der Waals surface area (Å²) in [7, 11) is -1.72. The van der Waals surface area contributed by atoms with E-state index in [9.17, 15) is 14.4 Å². The van der Waals surface area contributed by atoms with Crippen molar-refractivity contribution >= 4 is 36.4 Å². The molecule has 1 unspecified atom stereocenters. The average molecular weight is 453 g/mol. The predicted octanol–water partition coefficient (Wildman–Crippen LogP) is 6.62. The van der Waals surface area contributed by atoms with Gasteiger partial charge in [-0.3, -0.25) is 14.4 Å². The standard InChI is InChI=1S/C21H38ClO6P/c1-5-6-7-8-9-10-11-12-13-14-15-16-17-29(22)21(26-18(2)23,27-19(3)24)28-20(4)25/h5-17H2,1-4H3. The van der Waals surface area contributed by atoms with E-state index in [2.05, 4.69) is 6.92 Å². The zero-order valence-corrected chi connectivity index (χ0v) is 20.1. The van der Waals surface area contributed by atoms with Crippen LogP contribution in [0.25, 0.3) is 0 Å². The first-order valence-electron chi connectivity index (χ1n) is 10.8. The van der Waals surface area contributed by atoms with Gasteiger partial charge in [-0.15, -0.1) is 0 Å². The predicted molar refractivity (Wildman–Crippen MR) is 117 cm³/mol. The second-order valence-corrected chi connectivity index (χ2v) is 10.2. The maximum absolute atomic E-state index is 11.4. The van der Waals surface area contributed by atoms with Crippen LogP contribution in [0.2, 0.25) is 0 Å². The van der Waals surface area contributed by atoms with Gasteiger partial charge in [0.2, 0.25) is 0 Å². The summed E-state index contributed by atoms with van der Waals surface area (Å²) in [6.45, 7) is 5.67. The zero-order chi connectivity index (χ0) is 22.1. The molecule has 0 aliphatic rings. The van der Waals surface area contributed by atoms with Gasteiger partial charge in [-0.2, -0.15) is 0 Å². The van der Waals surface area contributed by atoms with Gasteiger partial charge in [0, 0.05) is 20.8 Å². The van der Waals surface area contributed by atoms with Crippen molar-refractivity contribution in [2.24, 2.45) is 0 Å². The minimum atomic E-state index is -2.15. The van der Waals surface area contributed by atoms with Crippen LogP contribution in [-0.4, -0.2) is 29.8 Å². The molecule has 0 N–H and O–H groups in total. The Morgan fingerprint density at radius 3 is 1.28 bits per heavy atom. The van der Waals surface area contributed by atoms with Crippen molar-refractivity contribution in [1.82, 2.24) is 0 Å². The summed E-state index contributed by atoms with van der Waals surface area (Å²) in [5.41, 5.74) is -2.15. The highest BCUT2D eigenvalue weighted by Gasteiger charge is 2.49. The molecule has 1 atom stereocenters. The summed E-state index contributed by atoms with van der Waals surface area (Å²) < 4.78 is 15.2. The molecule has 0 aromatic heterocycles. The largest absolute Gasteiger partial charge is 0.454 e. The summed E-state index contributed by atoms with van der Waals surface area (Å²) in [5, 5.41) is 0. The van der Waals surface area contributed by atoms with E-state index >= 15 is 0 Å². The van der Waals surface area contributed by atoms with Crippen molar-refractivity contribution in [3.05, 3.63) is 0 Å². The summed E-state index contributed by atoms with van der Waals surface area (Å²) in [4.78, 5) is 34.3. The third-order valence-electron chi connectivity index (χ3n) is 4.32. The Morgan fingerprint density at radius 2 is 0.966 bits per heavy atom. The van der Waals surface area contributed by atoms with Gasteiger partial charge in [0.05, 0.1) is 0 Å². The molecule has 8 heteroatoms. The fourth-order valence-corrected chi connectivity index (χ4v) is 5.11. The molecule has 0 aromatic carbocycles. The Kier molecular flexibility index (Phi) is 16.4. The van der Waals surface area contributed by atoms with Crippen LogP contribution in [0.1, 0.15) is 105 Å². The normalized spacial score (nSPS) is 12.3. The third-order valence-corrected chi connectivity index (χ3v) is 7.03. The monoisotopic (exact) mass is 452 g/mol. The molecule has 0 saturated carbocycles. The smallest absolute Gasteiger partial charge is 0.384 e. The van der Waals surface area contributed by atoms with E-state index in [1.807, 2.05) is 0 Å². The number of hydrogen-bond acceptors (Lipinski definition) is 6. The lowest BCUT2D eigenvalue weighted by atomic mass is 10.1. The maximum Gasteiger partial charge on any atom is 0.454 e. The molecule has 0 amide bonds. The summed E-state index contributed by atoms with van der Waals surface area (Å²) in [6.07, 6.45) is 15.0. The fraction of sp³-hybridized carbons (Fsp3) is 0.857. The Morgan fingerprint density at radius 1 is 0.655 bits per heavy atom. The van der Waals surface area contributed by atoms with Crippen LogP contribution in [0, 0.1) is 0 Å². The highest BCUT2D eigenvalue weighted by molar-refractivity contribution is 7.84. The Labute approximate surface area is 181 Å². The molecule has 0 aliphatic heterocycles. The van der Waals surface area contributed by atoms with E-state index in [1.54, 1.807) is 0 Å². The lowest BCUT2D eigenvalue weighted by Crippen LogP contribution is -2.41. The molecule has 0 bridgehead atoms. The molecule has 0 fully saturated rings. The van der Waals surface area contributed by atoms with E-state index in [4.69, 9.17) is 25.5 Å². The molecule has 0 radical (unpaired) electrons. The number of carbonyl (C=O) groups is 3. The zero-order valence-electron chi connectivity index (χ0n) is 18.5. The second-order valence-electron chi connectivity index (χ2n) is 7.28. The van der Waals surface area contributed by atoms with Crippen LogP contribution in [0.3, 0.4) is 0 Å². The Balaban J connectivity index is 4.21. The number of esters is 3. The van der Waals surface area contributed by atoms with Crippen LogP contribution in [0.5, 0.6) is 0 Å². The highest BCUT2D eigenvalue weighted by Crippen LogP contribution is 2.57. The molecule has 0 rings (SSSR count). The minimum absolute atomic E-state index is 0.447. The lowest BCUT2D eigenvalue weighted by Gasteiger charge is -2.33. The molecular weight excluding hydrogens is 415 g/mol. The molecule has 29 heavy (non-hydrogen) atoms. The second kappa shape index (κ2) is 16.9. The van der Waals surface area contributed by atoms with Gasteiger partial charge in [0.15, 0.2) is 0 Å². The van der Waals surface area contributed by atoms with Crippen LogP contribution >= 0.6 is 18.5 Å². The summed E-state index contributed by atoms with van der Waals surface area (Å²) in [6, 6.07) is 0. The highest BCUT2D eigenvalue weighted by atomic mass is 35.7. The average Bonchev–Trinajstić information content (AvgIpc) is 2.60. The Hall–Kier alpha value is -0.870. The van der Waals surface area contributed by atoms with Gasteiger partial charge >= 0.3 is 23.6 Å². The SMILES string of the molecule is CCCCCCCCCCCCCCP(Cl)C(OC(C)=O)(OC(C)=O)OC(C)=O. The molecule has 170 valence electrons. The Bertz CT molecular complexity index is 445. The van der Waals surface area contributed by atoms with Gasteiger partial charge in [-0.25, -0.2) is 0 Å².